The van der Waals surface area contributed by atoms with Gasteiger partial charge in [0.2, 0.25) is 5.96 Å². The number of nitrogens with zero attached hydrogens (tertiary/aromatic N) is 3. The molecule has 1 aliphatic heterocycles. The first kappa shape index (κ1) is 9.98. The Labute approximate surface area is 78.9 Å². The molecule has 1 fully saturated rings. The average molecular weight is 183 g/mol. The molecule has 1 aliphatic rings. The molecule has 0 aromatic heterocycles. The van der Waals surface area contributed by atoms with Crippen molar-refractivity contribution >= 4 is 12.2 Å². The standard InChI is InChI=1S/C8H17N5/c1-3-11-12(2)8(9)13-6-4-10-5-7-13/h3,9-10H,4-7H2,1-2H3/b9-8?,11-3+. The van der Waals surface area contributed by atoms with Gasteiger partial charge in [0, 0.05) is 39.4 Å². The average Bonchev–Trinajstić information content (AvgIpc) is 2.18. The first-order valence-corrected chi connectivity index (χ1v) is 4.52. The van der Waals surface area contributed by atoms with Gasteiger partial charge in [-0.2, -0.15) is 5.10 Å². The zero-order valence-electron chi connectivity index (χ0n) is 8.25. The highest BCUT2D eigenvalue weighted by Crippen LogP contribution is 1.97. The molecule has 0 unspecified atom stereocenters. The summed E-state index contributed by atoms with van der Waals surface area (Å²) >= 11 is 0. The Morgan fingerprint density at radius 3 is 2.69 bits per heavy atom. The molecule has 0 atom stereocenters. The van der Waals surface area contributed by atoms with Gasteiger partial charge in [-0.1, -0.05) is 0 Å². The predicted molar refractivity (Wildman–Crippen MR) is 54.1 cm³/mol. The molecule has 2 N–H and O–H groups in total. The van der Waals surface area contributed by atoms with Crippen molar-refractivity contribution in [3.8, 4) is 0 Å². The van der Waals surface area contributed by atoms with Crippen LogP contribution in [0.15, 0.2) is 5.10 Å². The summed E-state index contributed by atoms with van der Waals surface area (Å²) in [7, 11) is 1.80. The Kier molecular flexibility index (Phi) is 3.70. The lowest BCUT2D eigenvalue weighted by Gasteiger charge is -2.31. The molecular formula is C8H17N5. The van der Waals surface area contributed by atoms with Crippen LogP contribution in [0.3, 0.4) is 0 Å². The molecule has 13 heavy (non-hydrogen) atoms. The summed E-state index contributed by atoms with van der Waals surface area (Å²) in [5.74, 6) is 0.472. The minimum absolute atomic E-state index is 0.472. The summed E-state index contributed by atoms with van der Waals surface area (Å²) < 4.78 is 0. The van der Waals surface area contributed by atoms with E-state index in [9.17, 15) is 0 Å². The van der Waals surface area contributed by atoms with Crippen LogP contribution in [-0.4, -0.2) is 55.3 Å². The maximum atomic E-state index is 7.80. The smallest absolute Gasteiger partial charge is 0.214 e. The molecule has 0 aliphatic carbocycles. The molecule has 0 aromatic carbocycles. The molecular weight excluding hydrogens is 166 g/mol. The second-order valence-electron chi connectivity index (χ2n) is 2.96. The SMILES string of the molecule is C/C=N/N(C)C(=N)N1CCNCC1. The number of hydrogen-bond acceptors (Lipinski definition) is 3. The molecule has 1 rings (SSSR count). The van der Waals surface area contributed by atoms with Gasteiger partial charge < -0.3 is 10.2 Å². The number of hydrogen-bond donors (Lipinski definition) is 2. The largest absolute Gasteiger partial charge is 0.339 e. The maximum Gasteiger partial charge on any atom is 0.214 e. The Morgan fingerprint density at radius 1 is 1.54 bits per heavy atom. The van der Waals surface area contributed by atoms with E-state index < -0.39 is 0 Å². The lowest BCUT2D eigenvalue weighted by atomic mass is 10.4. The number of piperazine rings is 1. The van der Waals surface area contributed by atoms with Gasteiger partial charge in [0.25, 0.3) is 0 Å². The summed E-state index contributed by atoms with van der Waals surface area (Å²) in [6.45, 7) is 5.53. The highest BCUT2D eigenvalue weighted by Gasteiger charge is 2.15. The fourth-order valence-electron chi connectivity index (χ4n) is 1.31. The molecule has 1 saturated heterocycles. The van der Waals surface area contributed by atoms with E-state index >= 15 is 0 Å². The van der Waals surface area contributed by atoms with Gasteiger partial charge in [0.05, 0.1) is 0 Å². The molecule has 0 amide bonds. The van der Waals surface area contributed by atoms with Crippen LogP contribution in [0.4, 0.5) is 0 Å². The van der Waals surface area contributed by atoms with Crippen molar-refractivity contribution in [3.05, 3.63) is 0 Å². The molecule has 5 heteroatoms. The third-order valence-corrected chi connectivity index (χ3v) is 2.01. The van der Waals surface area contributed by atoms with Gasteiger partial charge in [-0.05, 0) is 6.92 Å². The van der Waals surface area contributed by atoms with E-state index in [2.05, 4.69) is 10.4 Å². The van der Waals surface area contributed by atoms with Crippen molar-refractivity contribution in [1.29, 1.82) is 5.41 Å². The van der Waals surface area contributed by atoms with Crippen LogP contribution in [-0.2, 0) is 0 Å². The van der Waals surface area contributed by atoms with E-state index in [0.29, 0.717) is 5.96 Å². The van der Waals surface area contributed by atoms with E-state index in [1.165, 1.54) is 0 Å². The summed E-state index contributed by atoms with van der Waals surface area (Å²) in [6.07, 6.45) is 1.69. The number of guanidine groups is 1. The Morgan fingerprint density at radius 2 is 2.15 bits per heavy atom. The van der Waals surface area contributed by atoms with E-state index in [1.54, 1.807) is 18.3 Å². The fourth-order valence-corrected chi connectivity index (χ4v) is 1.31. The van der Waals surface area contributed by atoms with Gasteiger partial charge in [0.1, 0.15) is 0 Å². The topological polar surface area (TPSA) is 54.7 Å². The molecule has 0 bridgehead atoms. The van der Waals surface area contributed by atoms with Crippen LogP contribution in [0.2, 0.25) is 0 Å². The minimum atomic E-state index is 0.472. The Balaban J connectivity index is 2.45. The van der Waals surface area contributed by atoms with Crippen molar-refractivity contribution in [2.24, 2.45) is 5.10 Å². The van der Waals surface area contributed by atoms with Gasteiger partial charge in [-0.25, -0.2) is 5.01 Å². The first-order valence-electron chi connectivity index (χ1n) is 4.52. The van der Waals surface area contributed by atoms with Gasteiger partial charge in [-0.3, -0.25) is 5.41 Å². The summed E-state index contributed by atoms with van der Waals surface area (Å²) in [4.78, 5) is 2.02. The number of hydrazone groups is 1. The predicted octanol–water partition coefficient (Wildman–Crippen LogP) is -0.236. The van der Waals surface area contributed by atoms with Crippen LogP contribution in [0.25, 0.3) is 0 Å². The third-order valence-electron chi connectivity index (χ3n) is 2.01. The Hall–Kier alpha value is -1.10. The summed E-state index contributed by atoms with van der Waals surface area (Å²) in [5.41, 5.74) is 0. The van der Waals surface area contributed by atoms with Crippen LogP contribution < -0.4 is 5.32 Å². The van der Waals surface area contributed by atoms with Gasteiger partial charge >= 0.3 is 0 Å². The van der Waals surface area contributed by atoms with Crippen molar-refractivity contribution < 1.29 is 0 Å². The quantitative estimate of drug-likeness (QED) is 0.335. The molecule has 0 saturated carbocycles. The normalized spacial score (nSPS) is 17.8. The van der Waals surface area contributed by atoms with Crippen molar-refractivity contribution in [3.63, 3.8) is 0 Å². The van der Waals surface area contributed by atoms with E-state index in [-0.39, 0.29) is 0 Å². The van der Waals surface area contributed by atoms with Crippen LogP contribution in [0.1, 0.15) is 6.92 Å². The lowest BCUT2D eigenvalue weighted by Crippen LogP contribution is -2.49. The van der Waals surface area contributed by atoms with E-state index in [4.69, 9.17) is 5.41 Å². The summed E-state index contributed by atoms with van der Waals surface area (Å²) in [5, 5.41) is 16.7. The fraction of sp³-hybridized carbons (Fsp3) is 0.750. The van der Waals surface area contributed by atoms with Gasteiger partial charge in [-0.15, -0.1) is 0 Å². The number of nitrogens with one attached hydrogen (secondary N) is 2. The van der Waals surface area contributed by atoms with E-state index in [1.807, 2.05) is 11.8 Å². The van der Waals surface area contributed by atoms with Crippen LogP contribution in [0.5, 0.6) is 0 Å². The first-order chi connectivity index (χ1) is 6.25. The zero-order chi connectivity index (χ0) is 9.68. The second kappa shape index (κ2) is 4.81. The van der Waals surface area contributed by atoms with E-state index in [0.717, 1.165) is 26.2 Å². The number of rotatable bonds is 1. The minimum Gasteiger partial charge on any atom is -0.339 e. The molecule has 74 valence electrons. The molecule has 5 nitrogen and oxygen atoms in total. The highest BCUT2D eigenvalue weighted by molar-refractivity contribution is 5.77. The highest BCUT2D eigenvalue weighted by atomic mass is 15.5. The molecule has 0 radical (unpaired) electrons. The van der Waals surface area contributed by atoms with Crippen molar-refractivity contribution in [2.45, 2.75) is 6.92 Å². The second-order valence-corrected chi connectivity index (χ2v) is 2.96. The maximum absolute atomic E-state index is 7.80. The Bertz CT molecular complexity index is 195. The van der Waals surface area contributed by atoms with Crippen LogP contribution >= 0.6 is 0 Å². The molecule has 1 heterocycles. The van der Waals surface area contributed by atoms with Crippen molar-refractivity contribution in [2.75, 3.05) is 33.2 Å². The van der Waals surface area contributed by atoms with Crippen molar-refractivity contribution in [1.82, 2.24) is 15.2 Å². The molecule has 0 spiro atoms. The lowest BCUT2D eigenvalue weighted by molar-refractivity contribution is 0.310. The monoisotopic (exact) mass is 183 g/mol. The van der Waals surface area contributed by atoms with Crippen LogP contribution in [0, 0.1) is 5.41 Å². The summed E-state index contributed by atoms with van der Waals surface area (Å²) in [6, 6.07) is 0. The zero-order valence-corrected chi connectivity index (χ0v) is 8.25. The molecule has 0 aromatic rings. The van der Waals surface area contributed by atoms with Gasteiger partial charge in [0.15, 0.2) is 0 Å². The third kappa shape index (κ3) is 2.69.